The van der Waals surface area contributed by atoms with Crippen molar-refractivity contribution in [2.24, 2.45) is 5.92 Å². The number of hydrogen-bond acceptors (Lipinski definition) is 2. The van der Waals surface area contributed by atoms with Crippen LogP contribution in [0, 0.1) is 5.92 Å². The fourth-order valence-electron chi connectivity index (χ4n) is 3.63. The Bertz CT molecular complexity index is 317. The van der Waals surface area contributed by atoms with Crippen molar-refractivity contribution in [1.29, 1.82) is 0 Å². The van der Waals surface area contributed by atoms with Gasteiger partial charge in [0.2, 0.25) is 0 Å². The van der Waals surface area contributed by atoms with Crippen molar-refractivity contribution >= 4 is 5.97 Å². The smallest absolute Gasteiger partial charge is 0.332 e. The second kappa shape index (κ2) is 20.2. The van der Waals surface area contributed by atoms with Gasteiger partial charge in [0, 0.05) is 0 Å². The van der Waals surface area contributed by atoms with E-state index in [4.69, 9.17) is 5.11 Å². The molecule has 0 aliphatic rings. The van der Waals surface area contributed by atoms with E-state index in [1.807, 2.05) is 0 Å². The van der Waals surface area contributed by atoms with Gasteiger partial charge >= 0.3 is 5.97 Å². The maximum atomic E-state index is 10.5. The minimum Gasteiger partial charge on any atom is -0.479 e. The van der Waals surface area contributed by atoms with Crippen molar-refractivity contribution in [3.63, 3.8) is 0 Å². The van der Waals surface area contributed by atoms with Crippen molar-refractivity contribution in [1.82, 2.24) is 0 Å². The molecule has 0 bridgehead atoms. The summed E-state index contributed by atoms with van der Waals surface area (Å²) in [4.78, 5) is 10.5. The van der Waals surface area contributed by atoms with E-state index in [-0.39, 0.29) is 0 Å². The highest BCUT2D eigenvalue weighted by Gasteiger charge is 2.11. The van der Waals surface area contributed by atoms with Crippen LogP contribution in [0.2, 0.25) is 0 Å². The molecule has 0 spiro atoms. The van der Waals surface area contributed by atoms with E-state index in [0.29, 0.717) is 6.42 Å². The van der Waals surface area contributed by atoms with Crippen LogP contribution in [-0.2, 0) is 4.79 Å². The Labute approximate surface area is 169 Å². The summed E-state index contributed by atoms with van der Waals surface area (Å²) >= 11 is 0. The van der Waals surface area contributed by atoms with Crippen LogP contribution < -0.4 is 0 Å². The molecule has 0 aromatic heterocycles. The SMILES string of the molecule is CCC(C)CCCCCCCCCCCCCCCCCCC(O)C(=O)O. The predicted molar refractivity (Wildman–Crippen MR) is 116 cm³/mol. The lowest BCUT2D eigenvalue weighted by molar-refractivity contribution is -0.146. The standard InChI is InChI=1S/C24H48O3/c1-3-22(2)20-18-16-14-12-10-8-6-4-5-7-9-11-13-15-17-19-21-23(25)24(26)27/h22-23,25H,3-21H2,1-2H3,(H,26,27). The quantitative estimate of drug-likeness (QED) is 0.201. The maximum absolute atomic E-state index is 10.5. The molecule has 3 heteroatoms. The molecule has 0 saturated carbocycles. The number of aliphatic hydroxyl groups is 1. The summed E-state index contributed by atoms with van der Waals surface area (Å²) in [7, 11) is 0. The molecule has 2 atom stereocenters. The number of unbranched alkanes of at least 4 members (excludes halogenated alkanes) is 15. The number of carboxylic acid groups (broad SMARTS) is 1. The van der Waals surface area contributed by atoms with Crippen molar-refractivity contribution in [2.75, 3.05) is 0 Å². The average molecular weight is 385 g/mol. The molecule has 2 N–H and O–H groups in total. The van der Waals surface area contributed by atoms with Crippen LogP contribution in [-0.4, -0.2) is 22.3 Å². The van der Waals surface area contributed by atoms with Crippen molar-refractivity contribution in [3.8, 4) is 0 Å². The van der Waals surface area contributed by atoms with E-state index in [2.05, 4.69) is 13.8 Å². The van der Waals surface area contributed by atoms with Gasteiger partial charge in [-0.25, -0.2) is 4.79 Å². The van der Waals surface area contributed by atoms with Gasteiger partial charge < -0.3 is 10.2 Å². The fraction of sp³-hybridized carbons (Fsp3) is 0.958. The predicted octanol–water partition coefficient (Wildman–Crippen LogP) is 7.50. The number of aliphatic carboxylic acids is 1. The molecule has 162 valence electrons. The summed E-state index contributed by atoms with van der Waals surface area (Å²) in [6, 6.07) is 0. The summed E-state index contributed by atoms with van der Waals surface area (Å²) in [5.41, 5.74) is 0. The lowest BCUT2D eigenvalue weighted by Gasteiger charge is -2.07. The first-order valence-corrected chi connectivity index (χ1v) is 12.0. The van der Waals surface area contributed by atoms with Crippen LogP contribution >= 0.6 is 0 Å². The highest BCUT2D eigenvalue weighted by atomic mass is 16.4. The Morgan fingerprint density at radius 1 is 0.630 bits per heavy atom. The number of rotatable bonds is 21. The molecule has 0 heterocycles. The summed E-state index contributed by atoms with van der Waals surface area (Å²) in [6.45, 7) is 4.67. The van der Waals surface area contributed by atoms with Gasteiger partial charge in [-0.1, -0.05) is 129 Å². The first-order chi connectivity index (χ1) is 13.1. The lowest BCUT2D eigenvalue weighted by Crippen LogP contribution is -2.18. The third-order valence-corrected chi connectivity index (χ3v) is 5.91. The molecule has 0 rings (SSSR count). The van der Waals surface area contributed by atoms with Crippen molar-refractivity contribution < 1.29 is 15.0 Å². The third kappa shape index (κ3) is 20.0. The monoisotopic (exact) mass is 384 g/mol. The normalized spacial score (nSPS) is 13.6. The zero-order valence-corrected chi connectivity index (χ0v) is 18.4. The second-order valence-corrected chi connectivity index (χ2v) is 8.60. The van der Waals surface area contributed by atoms with Crippen LogP contribution in [0.3, 0.4) is 0 Å². The van der Waals surface area contributed by atoms with Gasteiger partial charge in [-0.15, -0.1) is 0 Å². The number of carboxylic acids is 1. The number of hydrogen-bond donors (Lipinski definition) is 2. The highest BCUT2D eigenvalue weighted by Crippen LogP contribution is 2.16. The Kier molecular flexibility index (Phi) is 19.7. The van der Waals surface area contributed by atoms with E-state index >= 15 is 0 Å². The summed E-state index contributed by atoms with van der Waals surface area (Å²) < 4.78 is 0. The first kappa shape index (κ1) is 26.4. The van der Waals surface area contributed by atoms with Crippen LogP contribution in [0.5, 0.6) is 0 Å². The molecular formula is C24H48O3. The zero-order valence-electron chi connectivity index (χ0n) is 18.4. The topological polar surface area (TPSA) is 57.5 Å². The molecule has 0 fully saturated rings. The maximum Gasteiger partial charge on any atom is 0.332 e. The largest absolute Gasteiger partial charge is 0.479 e. The fourth-order valence-corrected chi connectivity index (χ4v) is 3.63. The molecular weight excluding hydrogens is 336 g/mol. The minimum atomic E-state index is -1.17. The van der Waals surface area contributed by atoms with E-state index in [1.165, 1.54) is 103 Å². The Morgan fingerprint density at radius 2 is 0.926 bits per heavy atom. The second-order valence-electron chi connectivity index (χ2n) is 8.60. The molecule has 0 saturated heterocycles. The van der Waals surface area contributed by atoms with E-state index < -0.39 is 12.1 Å². The molecule has 0 amide bonds. The Balaban J connectivity index is 3.08. The van der Waals surface area contributed by atoms with E-state index in [0.717, 1.165) is 18.8 Å². The molecule has 0 radical (unpaired) electrons. The Morgan fingerprint density at radius 3 is 1.22 bits per heavy atom. The van der Waals surface area contributed by atoms with Crippen LogP contribution in [0.25, 0.3) is 0 Å². The van der Waals surface area contributed by atoms with Crippen LogP contribution in [0.4, 0.5) is 0 Å². The van der Waals surface area contributed by atoms with Gasteiger partial charge in [0.25, 0.3) is 0 Å². The molecule has 3 nitrogen and oxygen atoms in total. The average Bonchev–Trinajstić information content (AvgIpc) is 2.66. The first-order valence-electron chi connectivity index (χ1n) is 12.0. The molecule has 27 heavy (non-hydrogen) atoms. The molecule has 0 aromatic rings. The van der Waals surface area contributed by atoms with Gasteiger partial charge in [-0.05, 0) is 12.3 Å². The Hall–Kier alpha value is -0.570. The van der Waals surface area contributed by atoms with E-state index in [9.17, 15) is 9.90 Å². The highest BCUT2D eigenvalue weighted by molar-refractivity contribution is 5.71. The van der Waals surface area contributed by atoms with Gasteiger partial charge in [0.1, 0.15) is 0 Å². The number of aliphatic hydroxyl groups excluding tert-OH is 1. The molecule has 0 aliphatic heterocycles. The zero-order chi connectivity index (χ0) is 20.2. The van der Waals surface area contributed by atoms with Gasteiger partial charge in [0.05, 0.1) is 0 Å². The van der Waals surface area contributed by atoms with Crippen molar-refractivity contribution in [3.05, 3.63) is 0 Å². The lowest BCUT2D eigenvalue weighted by atomic mass is 9.99. The van der Waals surface area contributed by atoms with E-state index in [1.54, 1.807) is 0 Å². The van der Waals surface area contributed by atoms with Crippen LogP contribution in [0.1, 0.15) is 136 Å². The van der Waals surface area contributed by atoms with Gasteiger partial charge in [-0.2, -0.15) is 0 Å². The van der Waals surface area contributed by atoms with Crippen LogP contribution in [0.15, 0.2) is 0 Å². The number of carbonyl (C=O) groups is 1. The van der Waals surface area contributed by atoms with Gasteiger partial charge in [0.15, 0.2) is 6.10 Å². The summed E-state index contributed by atoms with van der Waals surface area (Å²) in [5.74, 6) is -0.171. The molecule has 0 aliphatic carbocycles. The summed E-state index contributed by atoms with van der Waals surface area (Å²) in [6.07, 6.45) is 23.1. The minimum absolute atomic E-state index is 0.396. The third-order valence-electron chi connectivity index (χ3n) is 5.91. The van der Waals surface area contributed by atoms with Gasteiger partial charge in [-0.3, -0.25) is 0 Å². The van der Waals surface area contributed by atoms with Crippen molar-refractivity contribution in [2.45, 2.75) is 142 Å². The molecule has 0 aromatic carbocycles. The molecule has 2 unspecified atom stereocenters. The summed E-state index contributed by atoms with van der Waals surface area (Å²) in [5, 5.41) is 17.8.